The molecule has 1 aliphatic heterocycles. The number of aromatic carboxylic acids is 1. The number of ether oxygens (including phenoxy) is 1. The highest BCUT2D eigenvalue weighted by molar-refractivity contribution is 5.87. The molecule has 0 radical (unpaired) electrons. The molecular weight excluding hydrogens is 254 g/mol. The first-order valence-corrected chi connectivity index (χ1v) is 5.84. The summed E-state index contributed by atoms with van der Waals surface area (Å²) < 4.78 is 5.82. The van der Waals surface area contributed by atoms with Crippen LogP contribution in [-0.2, 0) is 0 Å². The van der Waals surface area contributed by atoms with Crippen LogP contribution in [0.15, 0.2) is 24.3 Å². The largest absolute Gasteiger partial charge is 0.490 e. The fourth-order valence-electron chi connectivity index (χ4n) is 1.97. The quantitative estimate of drug-likeness (QED) is 0.916. The van der Waals surface area contributed by atoms with Crippen LogP contribution in [0.2, 0.25) is 0 Å². The normalized spacial score (nSPS) is 16.9. The first kappa shape index (κ1) is 14.8. The molecular formula is C13H18ClNO3. The zero-order valence-corrected chi connectivity index (χ0v) is 11.2. The first-order valence-electron chi connectivity index (χ1n) is 5.84. The molecule has 2 rings (SSSR count). The second-order valence-electron chi connectivity index (χ2n) is 4.45. The Morgan fingerprint density at radius 3 is 2.33 bits per heavy atom. The molecule has 0 bridgehead atoms. The first-order chi connectivity index (χ1) is 8.15. The topological polar surface area (TPSA) is 49.8 Å². The lowest BCUT2D eigenvalue weighted by atomic mass is 10.1. The van der Waals surface area contributed by atoms with E-state index in [-0.39, 0.29) is 18.5 Å². The van der Waals surface area contributed by atoms with Crippen molar-refractivity contribution in [3.8, 4) is 5.75 Å². The number of halogens is 1. The summed E-state index contributed by atoms with van der Waals surface area (Å²) in [6, 6.07) is 6.60. The maximum atomic E-state index is 10.7. The van der Waals surface area contributed by atoms with Gasteiger partial charge in [-0.05, 0) is 44.2 Å². The summed E-state index contributed by atoms with van der Waals surface area (Å²) in [5.41, 5.74) is 0.292. The van der Waals surface area contributed by atoms with Gasteiger partial charge in [0.05, 0.1) is 5.56 Å². The molecule has 1 aromatic rings. The summed E-state index contributed by atoms with van der Waals surface area (Å²) in [6.45, 7) is 2.11. The lowest BCUT2D eigenvalue weighted by Gasteiger charge is -2.29. The number of carboxylic acids is 1. The van der Waals surface area contributed by atoms with E-state index in [2.05, 4.69) is 11.9 Å². The number of hydrogen-bond acceptors (Lipinski definition) is 3. The Labute approximate surface area is 113 Å². The lowest BCUT2D eigenvalue weighted by molar-refractivity contribution is 0.0696. The van der Waals surface area contributed by atoms with Gasteiger partial charge in [-0.3, -0.25) is 0 Å². The van der Waals surface area contributed by atoms with E-state index >= 15 is 0 Å². The van der Waals surface area contributed by atoms with E-state index in [0.29, 0.717) is 5.56 Å². The van der Waals surface area contributed by atoms with Crippen LogP contribution in [0, 0.1) is 0 Å². The second kappa shape index (κ2) is 6.61. The summed E-state index contributed by atoms with van der Waals surface area (Å²) >= 11 is 0. The summed E-state index contributed by atoms with van der Waals surface area (Å²) in [7, 11) is 2.11. The Hall–Kier alpha value is -1.26. The molecule has 0 aliphatic carbocycles. The average Bonchev–Trinajstić information content (AvgIpc) is 2.33. The summed E-state index contributed by atoms with van der Waals surface area (Å²) in [6.07, 6.45) is 2.30. The standard InChI is InChI=1S/C13H17NO3.ClH/c1-14-8-6-12(7-9-14)17-11-4-2-10(3-5-11)13(15)16;/h2-5,12H,6-9H2,1H3,(H,15,16);1H. The molecule has 4 nitrogen and oxygen atoms in total. The zero-order valence-electron chi connectivity index (χ0n) is 10.3. The van der Waals surface area contributed by atoms with Gasteiger partial charge in [-0.1, -0.05) is 0 Å². The Morgan fingerprint density at radius 2 is 1.83 bits per heavy atom. The molecule has 1 aromatic carbocycles. The van der Waals surface area contributed by atoms with E-state index in [1.165, 1.54) is 0 Å². The number of rotatable bonds is 3. The van der Waals surface area contributed by atoms with Crippen molar-refractivity contribution >= 4 is 18.4 Å². The highest BCUT2D eigenvalue weighted by Crippen LogP contribution is 2.19. The summed E-state index contributed by atoms with van der Waals surface area (Å²) in [5.74, 6) is -0.152. The van der Waals surface area contributed by atoms with Crippen LogP contribution < -0.4 is 4.74 Å². The number of piperidine rings is 1. The van der Waals surface area contributed by atoms with Gasteiger partial charge in [-0.15, -0.1) is 12.4 Å². The van der Waals surface area contributed by atoms with Gasteiger partial charge in [0.25, 0.3) is 0 Å². The molecule has 0 spiro atoms. The molecule has 0 atom stereocenters. The number of benzene rings is 1. The fraction of sp³-hybridized carbons (Fsp3) is 0.462. The third-order valence-electron chi connectivity index (χ3n) is 3.07. The van der Waals surface area contributed by atoms with E-state index in [4.69, 9.17) is 9.84 Å². The zero-order chi connectivity index (χ0) is 12.3. The van der Waals surface area contributed by atoms with Gasteiger partial charge in [0.1, 0.15) is 11.9 Å². The van der Waals surface area contributed by atoms with Crippen molar-refractivity contribution in [2.24, 2.45) is 0 Å². The predicted molar refractivity (Wildman–Crippen MR) is 71.8 cm³/mol. The van der Waals surface area contributed by atoms with E-state index < -0.39 is 5.97 Å². The van der Waals surface area contributed by atoms with Crippen molar-refractivity contribution in [1.29, 1.82) is 0 Å². The number of nitrogens with zero attached hydrogens (tertiary/aromatic N) is 1. The molecule has 1 N–H and O–H groups in total. The number of hydrogen-bond donors (Lipinski definition) is 1. The molecule has 0 amide bonds. The van der Waals surface area contributed by atoms with Crippen LogP contribution in [0.5, 0.6) is 5.75 Å². The molecule has 1 fully saturated rings. The molecule has 5 heteroatoms. The lowest BCUT2D eigenvalue weighted by Crippen LogP contribution is -2.35. The van der Waals surface area contributed by atoms with Crippen molar-refractivity contribution in [2.45, 2.75) is 18.9 Å². The predicted octanol–water partition coefficient (Wildman–Crippen LogP) is 2.28. The third kappa shape index (κ3) is 3.89. The Balaban J connectivity index is 0.00000162. The monoisotopic (exact) mass is 271 g/mol. The Morgan fingerprint density at radius 1 is 1.28 bits per heavy atom. The molecule has 1 aliphatic rings. The van der Waals surface area contributed by atoms with Crippen LogP contribution in [0.3, 0.4) is 0 Å². The fourth-order valence-corrected chi connectivity index (χ4v) is 1.97. The van der Waals surface area contributed by atoms with Crippen LogP contribution in [0.4, 0.5) is 0 Å². The van der Waals surface area contributed by atoms with Gasteiger partial charge in [0.2, 0.25) is 0 Å². The van der Waals surface area contributed by atoms with Crippen LogP contribution >= 0.6 is 12.4 Å². The Kier molecular flexibility index (Phi) is 5.44. The third-order valence-corrected chi connectivity index (χ3v) is 3.07. The number of likely N-dealkylation sites (tertiary alicyclic amines) is 1. The van der Waals surface area contributed by atoms with E-state index in [1.54, 1.807) is 24.3 Å². The number of carbonyl (C=O) groups is 1. The summed E-state index contributed by atoms with van der Waals surface area (Å²) in [4.78, 5) is 13.0. The van der Waals surface area contributed by atoms with Gasteiger partial charge in [-0.2, -0.15) is 0 Å². The minimum Gasteiger partial charge on any atom is -0.490 e. The summed E-state index contributed by atoms with van der Waals surface area (Å²) in [5, 5.41) is 8.78. The highest BCUT2D eigenvalue weighted by Gasteiger charge is 2.17. The minimum absolute atomic E-state index is 0. The Bertz CT molecular complexity index is 386. The van der Waals surface area contributed by atoms with E-state index in [9.17, 15) is 4.79 Å². The van der Waals surface area contributed by atoms with Crippen LogP contribution in [-0.4, -0.2) is 42.2 Å². The molecule has 18 heavy (non-hydrogen) atoms. The van der Waals surface area contributed by atoms with Crippen molar-refractivity contribution in [3.63, 3.8) is 0 Å². The van der Waals surface area contributed by atoms with Crippen molar-refractivity contribution in [1.82, 2.24) is 4.90 Å². The maximum absolute atomic E-state index is 10.7. The average molecular weight is 272 g/mol. The second-order valence-corrected chi connectivity index (χ2v) is 4.45. The smallest absolute Gasteiger partial charge is 0.335 e. The SMILES string of the molecule is CN1CCC(Oc2ccc(C(=O)O)cc2)CC1.Cl. The van der Waals surface area contributed by atoms with Crippen molar-refractivity contribution in [3.05, 3.63) is 29.8 Å². The molecule has 0 saturated carbocycles. The maximum Gasteiger partial charge on any atom is 0.335 e. The van der Waals surface area contributed by atoms with Crippen LogP contribution in [0.1, 0.15) is 23.2 Å². The molecule has 100 valence electrons. The minimum atomic E-state index is -0.907. The van der Waals surface area contributed by atoms with Crippen LogP contribution in [0.25, 0.3) is 0 Å². The number of carboxylic acid groups (broad SMARTS) is 1. The van der Waals surface area contributed by atoms with Gasteiger partial charge >= 0.3 is 5.97 Å². The van der Waals surface area contributed by atoms with Gasteiger partial charge < -0.3 is 14.7 Å². The molecule has 0 aromatic heterocycles. The van der Waals surface area contributed by atoms with E-state index in [1.807, 2.05) is 0 Å². The van der Waals surface area contributed by atoms with E-state index in [0.717, 1.165) is 31.7 Å². The highest BCUT2D eigenvalue weighted by atomic mass is 35.5. The molecule has 0 unspecified atom stereocenters. The van der Waals surface area contributed by atoms with Crippen molar-refractivity contribution in [2.75, 3.05) is 20.1 Å². The van der Waals surface area contributed by atoms with Crippen molar-refractivity contribution < 1.29 is 14.6 Å². The van der Waals surface area contributed by atoms with Gasteiger partial charge in [0.15, 0.2) is 0 Å². The van der Waals surface area contributed by atoms with Gasteiger partial charge in [-0.25, -0.2) is 4.79 Å². The molecule has 1 heterocycles. The molecule has 1 saturated heterocycles. The van der Waals surface area contributed by atoms with Gasteiger partial charge in [0, 0.05) is 13.1 Å².